The first-order valence-corrected chi connectivity index (χ1v) is 1.46. The van der Waals surface area contributed by atoms with Crippen molar-refractivity contribution in [3.63, 3.8) is 0 Å². The molecule has 0 aliphatic heterocycles. The molecule has 0 spiro atoms. The van der Waals surface area contributed by atoms with Gasteiger partial charge in [-0.3, -0.25) is 0 Å². The van der Waals surface area contributed by atoms with Crippen LogP contribution in [-0.4, -0.2) is 6.35 Å². The summed E-state index contributed by atoms with van der Waals surface area (Å²) >= 11 is 3.50. The van der Waals surface area contributed by atoms with Crippen LogP contribution in [0.25, 0.3) is 0 Å². The molecule has 0 bridgehead atoms. The van der Waals surface area contributed by atoms with Gasteiger partial charge in [0.1, 0.15) is 0 Å². The van der Waals surface area contributed by atoms with Crippen LogP contribution in [0.5, 0.6) is 0 Å². The molecule has 0 aromatic heterocycles. The Bertz CT molecular complexity index is 48.9. The van der Waals surface area contributed by atoms with Crippen molar-refractivity contribution in [2.45, 2.75) is 0 Å². The van der Waals surface area contributed by atoms with Crippen LogP contribution in [0.15, 0.2) is 10.2 Å². The molecule has 0 aliphatic rings. The van der Waals surface area contributed by atoms with Crippen LogP contribution in [0.3, 0.4) is 0 Å². The van der Waals surface area contributed by atoms with Crippen molar-refractivity contribution in [2.75, 3.05) is 0 Å². The van der Waals surface area contributed by atoms with E-state index in [1.807, 2.05) is 0 Å². The standard InChI is InChI=1S/BH2N3S/c2-4-3-1-5/h2,5H. The maximum absolute atomic E-state index is 5.98. The van der Waals surface area contributed by atoms with Crippen LogP contribution >= 0.6 is 12.5 Å². The Kier molecular flexibility index (Phi) is 3.67. The third kappa shape index (κ3) is 3.81. The molecule has 0 atom stereocenters. The summed E-state index contributed by atoms with van der Waals surface area (Å²) < 4.78 is 0. The SMILES string of the molecule is N=NN=BS. The fourth-order valence-corrected chi connectivity index (χ4v) is 0.0775. The van der Waals surface area contributed by atoms with Crippen molar-refractivity contribution in [2.24, 2.45) is 10.2 Å². The zero-order valence-electron chi connectivity index (χ0n) is 2.42. The molecule has 0 saturated heterocycles. The van der Waals surface area contributed by atoms with Crippen molar-refractivity contribution in [1.82, 2.24) is 0 Å². The third-order valence-corrected chi connectivity index (χ3v) is 0.213. The third-order valence-electron chi connectivity index (χ3n) is 0.109. The van der Waals surface area contributed by atoms with E-state index in [2.05, 4.69) is 22.7 Å². The molecule has 0 saturated carbocycles. The number of thiol groups is 1. The second kappa shape index (κ2) is 3.81. The van der Waals surface area contributed by atoms with Crippen LogP contribution in [0.2, 0.25) is 0 Å². The number of hydrogen-bond acceptors (Lipinski definition) is 2. The molecule has 3 nitrogen and oxygen atoms in total. The van der Waals surface area contributed by atoms with Gasteiger partial charge in [0.2, 0.25) is 0 Å². The van der Waals surface area contributed by atoms with Crippen molar-refractivity contribution in [1.29, 1.82) is 5.53 Å². The Hall–Kier alpha value is -0.185. The van der Waals surface area contributed by atoms with Gasteiger partial charge < -0.3 is 0 Å². The van der Waals surface area contributed by atoms with Gasteiger partial charge >= 0.3 is 34.6 Å². The minimum atomic E-state index is 1.15. The first kappa shape index (κ1) is 4.81. The van der Waals surface area contributed by atoms with E-state index >= 15 is 0 Å². The predicted octanol–water partition coefficient (Wildman–Crippen LogP) is 0.665. The molecule has 0 aromatic rings. The first-order valence-electron chi connectivity index (χ1n) is 0.940. The number of nitrogens with one attached hydrogen (secondary N) is 1. The molecule has 0 aliphatic carbocycles. The normalized spacial score (nSPS) is 7.40. The molecular formula is H2BN3S. The monoisotopic (exact) mass is 87.0 g/mol. The van der Waals surface area contributed by atoms with Crippen molar-refractivity contribution in [3.8, 4) is 0 Å². The van der Waals surface area contributed by atoms with Crippen LogP contribution < -0.4 is 0 Å². The first-order chi connectivity index (χ1) is 2.41. The molecular weight excluding hydrogens is 84.9 g/mol. The van der Waals surface area contributed by atoms with Gasteiger partial charge in [0.25, 0.3) is 0 Å². The van der Waals surface area contributed by atoms with E-state index in [1.165, 1.54) is 0 Å². The summed E-state index contributed by atoms with van der Waals surface area (Å²) in [5.74, 6) is 0. The molecule has 0 unspecified atom stereocenters. The number of rotatable bonds is 1. The predicted molar refractivity (Wildman–Crippen MR) is 22.3 cm³/mol. The van der Waals surface area contributed by atoms with Crippen LogP contribution in [-0.2, 0) is 0 Å². The van der Waals surface area contributed by atoms with E-state index in [4.69, 9.17) is 5.53 Å². The van der Waals surface area contributed by atoms with Gasteiger partial charge in [-0.25, -0.2) is 0 Å². The van der Waals surface area contributed by atoms with Gasteiger partial charge in [-0.05, 0) is 0 Å². The fraction of sp³-hybridized carbons (Fsp3) is 0. The van der Waals surface area contributed by atoms with Crippen LogP contribution in [0, 0.1) is 5.53 Å². The Morgan fingerprint density at radius 3 is 2.40 bits per heavy atom. The second-order valence-electron chi connectivity index (χ2n) is 0.331. The number of nitrogens with zero attached hydrogens (tertiary/aromatic N) is 2. The van der Waals surface area contributed by atoms with Crippen LogP contribution in [0.1, 0.15) is 0 Å². The van der Waals surface area contributed by atoms with E-state index in [-0.39, 0.29) is 0 Å². The summed E-state index contributed by atoms with van der Waals surface area (Å²) in [5.41, 5.74) is 5.98. The molecule has 0 fully saturated rings. The van der Waals surface area contributed by atoms with Crippen molar-refractivity contribution >= 4 is 18.8 Å². The molecule has 0 heterocycles. The van der Waals surface area contributed by atoms with Gasteiger partial charge in [-0.1, -0.05) is 0 Å². The number of hydrogen-bond donors (Lipinski definition) is 2. The van der Waals surface area contributed by atoms with E-state index in [0.717, 1.165) is 6.35 Å². The zero-order chi connectivity index (χ0) is 4.12. The van der Waals surface area contributed by atoms with E-state index in [9.17, 15) is 0 Å². The summed E-state index contributed by atoms with van der Waals surface area (Å²) in [6.07, 6.45) is 1.15. The Morgan fingerprint density at radius 1 is 1.80 bits per heavy atom. The van der Waals surface area contributed by atoms with Gasteiger partial charge in [-0.2, -0.15) is 0 Å². The summed E-state index contributed by atoms with van der Waals surface area (Å²) in [5, 5.41) is 5.60. The fourth-order valence-electron chi connectivity index (χ4n) is 0.0258. The molecule has 0 radical (unpaired) electrons. The Labute approximate surface area is 35.5 Å². The molecule has 0 rings (SSSR count). The van der Waals surface area contributed by atoms with Crippen LogP contribution in [0.4, 0.5) is 0 Å². The molecule has 0 aromatic carbocycles. The summed E-state index contributed by atoms with van der Waals surface area (Å²) in [6.45, 7) is 0. The maximum atomic E-state index is 5.98. The summed E-state index contributed by atoms with van der Waals surface area (Å²) in [6, 6.07) is 0. The Morgan fingerprint density at radius 2 is 2.40 bits per heavy atom. The van der Waals surface area contributed by atoms with E-state index in [0.29, 0.717) is 0 Å². The molecule has 5 heteroatoms. The summed E-state index contributed by atoms with van der Waals surface area (Å²) in [4.78, 5) is 0. The quantitative estimate of drug-likeness (QED) is 0.204. The van der Waals surface area contributed by atoms with E-state index < -0.39 is 0 Å². The molecule has 26 valence electrons. The van der Waals surface area contributed by atoms with Crippen molar-refractivity contribution in [3.05, 3.63) is 0 Å². The van der Waals surface area contributed by atoms with Gasteiger partial charge in [0.15, 0.2) is 0 Å². The van der Waals surface area contributed by atoms with Gasteiger partial charge in [-0.15, -0.1) is 0 Å². The second-order valence-corrected chi connectivity index (χ2v) is 0.562. The van der Waals surface area contributed by atoms with E-state index in [1.54, 1.807) is 0 Å². The molecule has 1 N–H and O–H groups in total. The van der Waals surface area contributed by atoms with Gasteiger partial charge in [0.05, 0.1) is 0 Å². The topological polar surface area (TPSA) is 48.6 Å². The van der Waals surface area contributed by atoms with Crippen molar-refractivity contribution < 1.29 is 0 Å². The van der Waals surface area contributed by atoms with Gasteiger partial charge in [0, 0.05) is 0 Å². The molecule has 0 amide bonds. The zero-order valence-corrected chi connectivity index (χ0v) is 3.31. The molecule has 5 heavy (non-hydrogen) atoms. The average Bonchev–Trinajstić information content (AvgIpc) is 1.41. The summed E-state index contributed by atoms with van der Waals surface area (Å²) in [7, 11) is 0. The average molecular weight is 86.9 g/mol. The minimum absolute atomic E-state index is 1.15. The Balaban J connectivity index is 2.92.